The smallest absolute Gasteiger partial charge is 0.317 e. The number of nitrogens with one attached hydrogen (secondary N) is 1. The first-order valence-electron chi connectivity index (χ1n) is 6.93. The molecule has 0 unspecified atom stereocenters. The van der Waals surface area contributed by atoms with E-state index in [4.69, 9.17) is 0 Å². The van der Waals surface area contributed by atoms with E-state index in [9.17, 15) is 13.2 Å². The highest BCUT2D eigenvalue weighted by Gasteiger charge is 2.37. The van der Waals surface area contributed by atoms with Crippen LogP contribution in [0.3, 0.4) is 0 Å². The molecule has 1 saturated heterocycles. The summed E-state index contributed by atoms with van der Waals surface area (Å²) in [5, 5.41) is 3.29. The fourth-order valence-electron chi connectivity index (χ4n) is 3.11. The molecule has 0 radical (unpaired) electrons. The summed E-state index contributed by atoms with van der Waals surface area (Å²) in [7, 11) is 1.56. The van der Waals surface area contributed by atoms with Crippen molar-refractivity contribution in [3.05, 3.63) is 35.9 Å². The molecule has 20 heavy (non-hydrogen) atoms. The minimum atomic E-state index is -4.14. The number of nitrogens with zero attached hydrogens (tertiary/aromatic N) is 1. The summed E-state index contributed by atoms with van der Waals surface area (Å²) in [6.45, 7) is 1.30. The average Bonchev–Trinajstić information content (AvgIpc) is 2.38. The van der Waals surface area contributed by atoms with Gasteiger partial charge in [-0.15, -0.1) is 0 Å². The molecule has 1 aromatic rings. The van der Waals surface area contributed by atoms with Crippen molar-refractivity contribution < 1.29 is 13.2 Å². The predicted molar refractivity (Wildman–Crippen MR) is 73.8 cm³/mol. The van der Waals surface area contributed by atoms with Crippen molar-refractivity contribution in [2.75, 3.05) is 33.2 Å². The van der Waals surface area contributed by atoms with Gasteiger partial charge in [0.1, 0.15) is 0 Å². The second-order valence-electron chi connectivity index (χ2n) is 5.68. The van der Waals surface area contributed by atoms with E-state index < -0.39 is 12.7 Å². The lowest BCUT2D eigenvalue weighted by atomic mass is 9.73. The van der Waals surface area contributed by atoms with Crippen molar-refractivity contribution in [1.82, 2.24) is 10.2 Å². The van der Waals surface area contributed by atoms with E-state index in [1.165, 1.54) is 4.90 Å². The van der Waals surface area contributed by atoms with Crippen LogP contribution in [0.25, 0.3) is 0 Å². The fourth-order valence-corrected chi connectivity index (χ4v) is 3.11. The van der Waals surface area contributed by atoms with E-state index in [0.29, 0.717) is 6.54 Å². The predicted octanol–water partition coefficient (Wildman–Crippen LogP) is 2.80. The van der Waals surface area contributed by atoms with Crippen LogP contribution in [0, 0.1) is 0 Å². The van der Waals surface area contributed by atoms with E-state index in [2.05, 4.69) is 5.32 Å². The Bertz CT molecular complexity index is 411. The zero-order chi connectivity index (χ0) is 14.6. The number of benzene rings is 1. The van der Waals surface area contributed by atoms with Gasteiger partial charge in [-0.2, -0.15) is 13.2 Å². The van der Waals surface area contributed by atoms with Gasteiger partial charge in [-0.3, -0.25) is 4.90 Å². The van der Waals surface area contributed by atoms with Crippen LogP contribution < -0.4 is 5.32 Å². The minimum Gasteiger partial charge on any atom is -0.317 e. The van der Waals surface area contributed by atoms with Crippen molar-refractivity contribution in [2.24, 2.45) is 0 Å². The summed E-state index contributed by atoms with van der Waals surface area (Å²) in [5.74, 6) is 0. The number of alkyl halides is 3. The fraction of sp³-hybridized carbons (Fsp3) is 0.600. The van der Waals surface area contributed by atoms with Crippen LogP contribution in [0.1, 0.15) is 18.4 Å². The molecule has 0 saturated carbocycles. The zero-order valence-electron chi connectivity index (χ0n) is 11.7. The Morgan fingerprint density at radius 2 is 1.75 bits per heavy atom. The molecule has 0 spiro atoms. The molecule has 1 aliphatic rings. The molecule has 0 bridgehead atoms. The third-order valence-corrected chi connectivity index (χ3v) is 3.97. The molecule has 0 amide bonds. The van der Waals surface area contributed by atoms with Crippen LogP contribution >= 0.6 is 0 Å². The Morgan fingerprint density at radius 3 is 2.30 bits per heavy atom. The normalized spacial score (nSPS) is 19.2. The molecular formula is C15H21F3N2. The second kappa shape index (κ2) is 6.14. The first-order chi connectivity index (χ1) is 9.41. The number of piperidine rings is 1. The molecule has 1 aromatic carbocycles. The van der Waals surface area contributed by atoms with Gasteiger partial charge >= 0.3 is 6.18 Å². The molecule has 5 heteroatoms. The van der Waals surface area contributed by atoms with Crippen molar-refractivity contribution in [2.45, 2.75) is 24.4 Å². The molecule has 1 fully saturated rings. The Hall–Kier alpha value is -1.07. The maximum atomic E-state index is 12.5. The highest BCUT2D eigenvalue weighted by molar-refractivity contribution is 5.27. The average molecular weight is 286 g/mol. The lowest BCUT2D eigenvalue weighted by molar-refractivity contribution is -0.144. The van der Waals surface area contributed by atoms with Crippen LogP contribution in [0.2, 0.25) is 0 Å². The van der Waals surface area contributed by atoms with Crippen LogP contribution in [0.4, 0.5) is 13.2 Å². The van der Waals surface area contributed by atoms with Gasteiger partial charge in [0.2, 0.25) is 0 Å². The SMILES string of the molecule is CN(CC(F)(F)F)CC1(c2ccccc2)CCNCC1. The molecular weight excluding hydrogens is 265 g/mol. The van der Waals surface area contributed by atoms with Crippen molar-refractivity contribution in [3.8, 4) is 0 Å². The van der Waals surface area contributed by atoms with Crippen molar-refractivity contribution >= 4 is 0 Å². The summed E-state index contributed by atoms with van der Waals surface area (Å²) in [6, 6.07) is 9.93. The van der Waals surface area contributed by atoms with Crippen LogP contribution in [0.15, 0.2) is 30.3 Å². The molecule has 1 heterocycles. The van der Waals surface area contributed by atoms with Gasteiger partial charge in [0.15, 0.2) is 0 Å². The minimum absolute atomic E-state index is 0.174. The molecule has 2 nitrogen and oxygen atoms in total. The molecule has 1 N–H and O–H groups in total. The number of rotatable bonds is 4. The van der Waals surface area contributed by atoms with Gasteiger partial charge in [-0.1, -0.05) is 30.3 Å². The van der Waals surface area contributed by atoms with Gasteiger partial charge in [0, 0.05) is 12.0 Å². The summed E-state index contributed by atoms with van der Waals surface area (Å²) in [6.07, 6.45) is -2.39. The van der Waals surface area contributed by atoms with E-state index in [1.807, 2.05) is 30.3 Å². The summed E-state index contributed by atoms with van der Waals surface area (Å²) in [4.78, 5) is 1.40. The Labute approximate surface area is 118 Å². The number of halogens is 3. The van der Waals surface area contributed by atoms with Crippen molar-refractivity contribution in [1.29, 1.82) is 0 Å². The van der Waals surface area contributed by atoms with Crippen LogP contribution in [0.5, 0.6) is 0 Å². The standard InChI is InChI=1S/C15H21F3N2/c1-20(12-15(16,17)18)11-14(7-9-19-10-8-14)13-5-3-2-4-6-13/h2-6,19H,7-12H2,1H3. The van der Waals surface area contributed by atoms with Crippen LogP contribution in [-0.4, -0.2) is 44.3 Å². The number of hydrogen-bond donors (Lipinski definition) is 1. The zero-order valence-corrected chi connectivity index (χ0v) is 11.7. The van der Waals surface area contributed by atoms with E-state index in [0.717, 1.165) is 31.5 Å². The summed E-state index contributed by atoms with van der Waals surface area (Å²) < 4.78 is 37.6. The highest BCUT2D eigenvalue weighted by atomic mass is 19.4. The molecule has 112 valence electrons. The monoisotopic (exact) mass is 286 g/mol. The first kappa shape index (κ1) is 15.3. The summed E-state index contributed by atoms with van der Waals surface area (Å²) >= 11 is 0. The van der Waals surface area contributed by atoms with E-state index >= 15 is 0 Å². The molecule has 0 aromatic heterocycles. The van der Waals surface area contributed by atoms with E-state index in [-0.39, 0.29) is 5.41 Å². The third-order valence-electron chi connectivity index (χ3n) is 3.97. The topological polar surface area (TPSA) is 15.3 Å². The maximum Gasteiger partial charge on any atom is 0.401 e. The quantitative estimate of drug-likeness (QED) is 0.915. The van der Waals surface area contributed by atoms with E-state index in [1.54, 1.807) is 7.05 Å². The van der Waals surface area contributed by atoms with Gasteiger partial charge in [0.25, 0.3) is 0 Å². The van der Waals surface area contributed by atoms with Crippen LogP contribution in [-0.2, 0) is 5.41 Å². The molecule has 0 atom stereocenters. The first-order valence-corrected chi connectivity index (χ1v) is 6.93. The highest BCUT2D eigenvalue weighted by Crippen LogP contribution is 2.34. The van der Waals surface area contributed by atoms with Gasteiger partial charge in [0.05, 0.1) is 6.54 Å². The van der Waals surface area contributed by atoms with Gasteiger partial charge in [-0.05, 0) is 38.5 Å². The second-order valence-corrected chi connectivity index (χ2v) is 5.68. The largest absolute Gasteiger partial charge is 0.401 e. The molecule has 1 aliphatic heterocycles. The Kier molecular flexibility index (Phi) is 4.70. The summed E-state index contributed by atoms with van der Waals surface area (Å²) in [5.41, 5.74) is 0.975. The lowest BCUT2D eigenvalue weighted by Crippen LogP contribution is -2.48. The number of hydrogen-bond acceptors (Lipinski definition) is 2. The maximum absolute atomic E-state index is 12.5. The molecule has 2 rings (SSSR count). The lowest BCUT2D eigenvalue weighted by Gasteiger charge is -2.41. The Morgan fingerprint density at radius 1 is 1.15 bits per heavy atom. The molecule has 0 aliphatic carbocycles. The Balaban J connectivity index is 2.16. The van der Waals surface area contributed by atoms with Gasteiger partial charge in [-0.25, -0.2) is 0 Å². The number of likely N-dealkylation sites (N-methyl/N-ethyl adjacent to an activating group) is 1. The van der Waals surface area contributed by atoms with Gasteiger partial charge < -0.3 is 5.32 Å². The van der Waals surface area contributed by atoms with Crippen molar-refractivity contribution in [3.63, 3.8) is 0 Å². The third kappa shape index (κ3) is 3.96.